The number of halogens is 2. The predicted molar refractivity (Wildman–Crippen MR) is 74.8 cm³/mol. The van der Waals surface area contributed by atoms with Gasteiger partial charge in [0.15, 0.2) is 0 Å². The Labute approximate surface area is 119 Å². The molecular formula is C12H14BrClN2O2. The zero-order valence-electron chi connectivity index (χ0n) is 10.1. The van der Waals surface area contributed by atoms with Crippen LogP contribution in [-0.2, 0) is 4.79 Å². The van der Waals surface area contributed by atoms with Gasteiger partial charge >= 0.3 is 0 Å². The average Bonchev–Trinajstić information content (AvgIpc) is 2.25. The Balaban J connectivity index is 2.58. The van der Waals surface area contributed by atoms with Crippen LogP contribution in [0.5, 0.6) is 0 Å². The largest absolute Gasteiger partial charge is 0.352 e. The Bertz CT molecular complexity index is 463. The summed E-state index contributed by atoms with van der Waals surface area (Å²) in [6.45, 7) is 3.66. The quantitative estimate of drug-likeness (QED) is 0.888. The summed E-state index contributed by atoms with van der Waals surface area (Å²) in [5.41, 5.74) is 0.441. The molecule has 0 heterocycles. The van der Waals surface area contributed by atoms with Crippen molar-refractivity contribution < 1.29 is 9.59 Å². The topological polar surface area (TPSA) is 58.2 Å². The van der Waals surface area contributed by atoms with Gasteiger partial charge in [-0.05, 0) is 48.0 Å². The first-order valence-corrected chi connectivity index (χ1v) is 6.60. The first-order valence-electron chi connectivity index (χ1n) is 5.42. The van der Waals surface area contributed by atoms with Gasteiger partial charge in [0.2, 0.25) is 5.91 Å². The van der Waals surface area contributed by atoms with E-state index in [1.54, 1.807) is 18.2 Å². The van der Waals surface area contributed by atoms with Crippen molar-refractivity contribution in [3.8, 4) is 0 Å². The highest BCUT2D eigenvalue weighted by Gasteiger charge is 2.11. The fourth-order valence-corrected chi connectivity index (χ4v) is 2.17. The van der Waals surface area contributed by atoms with Gasteiger partial charge in [0.05, 0.1) is 12.1 Å². The zero-order chi connectivity index (χ0) is 13.7. The predicted octanol–water partition coefficient (Wildman–Crippen LogP) is 2.36. The lowest BCUT2D eigenvalue weighted by Gasteiger charge is -2.10. The van der Waals surface area contributed by atoms with Gasteiger partial charge in [0.1, 0.15) is 0 Å². The third-order valence-corrected chi connectivity index (χ3v) is 2.93. The smallest absolute Gasteiger partial charge is 0.252 e. The molecule has 2 amide bonds. The van der Waals surface area contributed by atoms with E-state index in [0.29, 0.717) is 15.1 Å². The summed E-state index contributed by atoms with van der Waals surface area (Å²) < 4.78 is 0.594. The van der Waals surface area contributed by atoms with E-state index in [4.69, 9.17) is 11.6 Å². The Morgan fingerprint density at radius 1 is 1.39 bits per heavy atom. The summed E-state index contributed by atoms with van der Waals surface area (Å²) in [6, 6.07) is 4.90. The van der Waals surface area contributed by atoms with E-state index in [2.05, 4.69) is 26.6 Å². The summed E-state index contributed by atoms with van der Waals surface area (Å²) >= 11 is 9.03. The van der Waals surface area contributed by atoms with Crippen LogP contribution in [0.2, 0.25) is 5.02 Å². The molecule has 0 aliphatic rings. The van der Waals surface area contributed by atoms with Gasteiger partial charge in [-0.15, -0.1) is 0 Å². The van der Waals surface area contributed by atoms with Gasteiger partial charge < -0.3 is 10.6 Å². The molecule has 1 aromatic carbocycles. The Kier molecular flexibility index (Phi) is 5.62. The van der Waals surface area contributed by atoms with Crippen LogP contribution in [-0.4, -0.2) is 24.4 Å². The van der Waals surface area contributed by atoms with Crippen LogP contribution in [0, 0.1) is 0 Å². The molecule has 1 rings (SSSR count). The van der Waals surface area contributed by atoms with Crippen LogP contribution < -0.4 is 10.6 Å². The summed E-state index contributed by atoms with van der Waals surface area (Å²) in [7, 11) is 0. The van der Waals surface area contributed by atoms with Crippen molar-refractivity contribution in [3.63, 3.8) is 0 Å². The van der Waals surface area contributed by atoms with Crippen molar-refractivity contribution >= 4 is 39.3 Å². The Hall–Kier alpha value is -1.07. The number of carbonyl (C=O) groups is 2. The lowest BCUT2D eigenvalue weighted by molar-refractivity contribution is -0.120. The molecule has 0 fully saturated rings. The van der Waals surface area contributed by atoms with Crippen molar-refractivity contribution in [2.24, 2.45) is 0 Å². The number of carbonyl (C=O) groups excluding carboxylic acids is 2. The van der Waals surface area contributed by atoms with Crippen molar-refractivity contribution in [2.75, 3.05) is 6.54 Å². The highest BCUT2D eigenvalue weighted by Crippen LogP contribution is 2.21. The van der Waals surface area contributed by atoms with Gasteiger partial charge in [-0.3, -0.25) is 9.59 Å². The van der Waals surface area contributed by atoms with Crippen LogP contribution in [0.4, 0.5) is 0 Å². The molecule has 0 radical (unpaired) electrons. The Morgan fingerprint density at radius 3 is 2.61 bits per heavy atom. The monoisotopic (exact) mass is 332 g/mol. The number of amides is 2. The molecule has 0 atom stereocenters. The van der Waals surface area contributed by atoms with Crippen LogP contribution in [0.3, 0.4) is 0 Å². The van der Waals surface area contributed by atoms with E-state index in [1.807, 2.05) is 13.8 Å². The second kappa shape index (κ2) is 6.75. The van der Waals surface area contributed by atoms with E-state index in [-0.39, 0.29) is 24.4 Å². The normalized spacial score (nSPS) is 10.3. The fraction of sp³-hybridized carbons (Fsp3) is 0.333. The molecule has 0 unspecified atom stereocenters. The highest BCUT2D eigenvalue weighted by atomic mass is 79.9. The van der Waals surface area contributed by atoms with Crippen molar-refractivity contribution in [1.82, 2.24) is 10.6 Å². The van der Waals surface area contributed by atoms with Crippen molar-refractivity contribution in [3.05, 3.63) is 33.3 Å². The number of benzene rings is 1. The maximum Gasteiger partial charge on any atom is 0.252 e. The third-order valence-electron chi connectivity index (χ3n) is 2.03. The summed E-state index contributed by atoms with van der Waals surface area (Å²) in [4.78, 5) is 23.2. The number of rotatable bonds is 4. The van der Waals surface area contributed by atoms with Crippen molar-refractivity contribution in [2.45, 2.75) is 19.9 Å². The Morgan fingerprint density at radius 2 is 2.06 bits per heavy atom. The molecule has 98 valence electrons. The standard InChI is InChI=1S/C12H14BrClN2O2/c1-7(2)16-11(17)6-15-12(18)9-4-3-8(14)5-10(9)13/h3-5,7H,6H2,1-2H3,(H,15,18)(H,16,17). The van der Waals surface area contributed by atoms with Crippen LogP contribution in [0.15, 0.2) is 22.7 Å². The third kappa shape index (κ3) is 4.66. The molecule has 4 nitrogen and oxygen atoms in total. The molecule has 1 aromatic rings. The number of nitrogens with one attached hydrogen (secondary N) is 2. The second-order valence-corrected chi connectivity index (χ2v) is 5.32. The molecule has 0 aliphatic carbocycles. The minimum atomic E-state index is -0.322. The van der Waals surface area contributed by atoms with Gasteiger partial charge in [0, 0.05) is 15.5 Å². The molecule has 0 saturated carbocycles. The zero-order valence-corrected chi connectivity index (χ0v) is 12.4. The maximum absolute atomic E-state index is 11.8. The van der Waals surface area contributed by atoms with E-state index in [1.165, 1.54) is 0 Å². The van der Waals surface area contributed by atoms with Crippen molar-refractivity contribution in [1.29, 1.82) is 0 Å². The number of hydrogen-bond donors (Lipinski definition) is 2. The van der Waals surface area contributed by atoms with Gasteiger partial charge in [-0.2, -0.15) is 0 Å². The minimum absolute atomic E-state index is 0.0495. The van der Waals surface area contributed by atoms with E-state index >= 15 is 0 Å². The van der Waals surface area contributed by atoms with Crippen LogP contribution in [0.25, 0.3) is 0 Å². The molecule has 2 N–H and O–H groups in total. The molecule has 0 saturated heterocycles. The van der Waals surface area contributed by atoms with Gasteiger partial charge in [-0.25, -0.2) is 0 Å². The number of hydrogen-bond acceptors (Lipinski definition) is 2. The molecule has 18 heavy (non-hydrogen) atoms. The average molecular weight is 334 g/mol. The second-order valence-electron chi connectivity index (χ2n) is 4.03. The lowest BCUT2D eigenvalue weighted by atomic mass is 10.2. The first kappa shape index (κ1) is 15.0. The van der Waals surface area contributed by atoms with E-state index < -0.39 is 0 Å². The molecule has 0 aromatic heterocycles. The molecule has 0 aliphatic heterocycles. The van der Waals surface area contributed by atoms with E-state index in [0.717, 1.165) is 0 Å². The SMILES string of the molecule is CC(C)NC(=O)CNC(=O)c1ccc(Cl)cc1Br. The molecule has 0 bridgehead atoms. The van der Waals surface area contributed by atoms with E-state index in [9.17, 15) is 9.59 Å². The summed E-state index contributed by atoms with van der Waals surface area (Å²) in [6.07, 6.45) is 0. The summed E-state index contributed by atoms with van der Waals surface area (Å²) in [5.74, 6) is -0.541. The first-order chi connectivity index (χ1) is 8.40. The molecule has 6 heteroatoms. The summed E-state index contributed by atoms with van der Waals surface area (Å²) in [5, 5.41) is 5.77. The molecular weight excluding hydrogens is 320 g/mol. The van der Waals surface area contributed by atoms with Crippen LogP contribution >= 0.6 is 27.5 Å². The maximum atomic E-state index is 11.8. The fourth-order valence-electron chi connectivity index (χ4n) is 1.30. The highest BCUT2D eigenvalue weighted by molar-refractivity contribution is 9.10. The lowest BCUT2D eigenvalue weighted by Crippen LogP contribution is -2.39. The molecule has 0 spiro atoms. The van der Waals surface area contributed by atoms with Gasteiger partial charge in [-0.1, -0.05) is 11.6 Å². The van der Waals surface area contributed by atoms with Gasteiger partial charge in [0.25, 0.3) is 5.91 Å². The van der Waals surface area contributed by atoms with Crippen LogP contribution in [0.1, 0.15) is 24.2 Å². The minimum Gasteiger partial charge on any atom is -0.352 e.